The van der Waals surface area contributed by atoms with Crippen LogP contribution in [0.3, 0.4) is 0 Å². The Labute approximate surface area is 148 Å². The van der Waals surface area contributed by atoms with Gasteiger partial charge in [0.25, 0.3) is 0 Å². The standard InChI is InChI=1S/C20H23N3O2/c1-2-25-18-9-6-17(7-10-18)8-11-20(24)23-15-13-22(14-16-23)19-5-3-4-12-21-19/h3-12H,2,13-16H2,1H3/b11-8+. The number of carbonyl (C=O) groups is 1. The lowest BCUT2D eigenvalue weighted by Crippen LogP contribution is -2.48. The highest BCUT2D eigenvalue weighted by Gasteiger charge is 2.20. The number of carbonyl (C=O) groups excluding carboxylic acids is 1. The normalized spacial score (nSPS) is 14.8. The van der Waals surface area contributed by atoms with E-state index in [-0.39, 0.29) is 5.91 Å². The SMILES string of the molecule is CCOc1ccc(/C=C/C(=O)N2CCN(c3ccccn3)CC2)cc1. The topological polar surface area (TPSA) is 45.7 Å². The molecular formula is C20H23N3O2. The van der Waals surface area contributed by atoms with Crippen LogP contribution < -0.4 is 9.64 Å². The number of hydrogen-bond acceptors (Lipinski definition) is 4. The van der Waals surface area contributed by atoms with Crippen LogP contribution >= 0.6 is 0 Å². The number of benzene rings is 1. The van der Waals surface area contributed by atoms with Gasteiger partial charge in [0.15, 0.2) is 0 Å². The molecule has 1 fully saturated rings. The van der Waals surface area contributed by atoms with E-state index in [0.717, 1.165) is 30.2 Å². The maximum absolute atomic E-state index is 12.4. The Bertz CT molecular complexity index is 705. The van der Waals surface area contributed by atoms with Gasteiger partial charge in [0, 0.05) is 38.5 Å². The summed E-state index contributed by atoms with van der Waals surface area (Å²) in [6.45, 7) is 5.64. The third kappa shape index (κ3) is 4.59. The average molecular weight is 337 g/mol. The molecule has 0 N–H and O–H groups in total. The number of piperazine rings is 1. The molecule has 0 radical (unpaired) electrons. The monoisotopic (exact) mass is 337 g/mol. The molecular weight excluding hydrogens is 314 g/mol. The van der Waals surface area contributed by atoms with E-state index in [2.05, 4.69) is 9.88 Å². The highest BCUT2D eigenvalue weighted by Crippen LogP contribution is 2.15. The number of nitrogens with zero attached hydrogens (tertiary/aromatic N) is 3. The van der Waals surface area contributed by atoms with E-state index in [9.17, 15) is 4.79 Å². The fourth-order valence-corrected chi connectivity index (χ4v) is 2.81. The first-order valence-electron chi connectivity index (χ1n) is 8.62. The molecule has 5 heteroatoms. The van der Waals surface area contributed by atoms with Crippen LogP contribution in [0, 0.1) is 0 Å². The van der Waals surface area contributed by atoms with Crippen molar-refractivity contribution in [3.63, 3.8) is 0 Å². The summed E-state index contributed by atoms with van der Waals surface area (Å²) in [5.41, 5.74) is 0.990. The van der Waals surface area contributed by atoms with Crippen LogP contribution in [0.4, 0.5) is 5.82 Å². The molecule has 1 saturated heterocycles. The Morgan fingerprint density at radius 2 is 1.88 bits per heavy atom. The second kappa shape index (κ2) is 8.33. The number of aromatic nitrogens is 1. The molecule has 1 aliphatic heterocycles. The lowest BCUT2D eigenvalue weighted by Gasteiger charge is -2.34. The molecule has 25 heavy (non-hydrogen) atoms. The van der Waals surface area contributed by atoms with Gasteiger partial charge in [-0.05, 0) is 42.8 Å². The smallest absolute Gasteiger partial charge is 0.246 e. The average Bonchev–Trinajstić information content (AvgIpc) is 2.68. The van der Waals surface area contributed by atoms with Crippen LogP contribution in [0.25, 0.3) is 6.08 Å². The summed E-state index contributed by atoms with van der Waals surface area (Å²) in [5.74, 6) is 1.87. The van der Waals surface area contributed by atoms with E-state index in [0.29, 0.717) is 19.7 Å². The molecule has 0 aliphatic carbocycles. The van der Waals surface area contributed by atoms with Gasteiger partial charge in [0.05, 0.1) is 6.61 Å². The van der Waals surface area contributed by atoms with Crippen molar-refractivity contribution in [2.75, 3.05) is 37.7 Å². The van der Waals surface area contributed by atoms with Gasteiger partial charge in [-0.1, -0.05) is 18.2 Å². The molecule has 1 amide bonds. The summed E-state index contributed by atoms with van der Waals surface area (Å²) < 4.78 is 5.42. The zero-order valence-electron chi connectivity index (χ0n) is 14.5. The van der Waals surface area contributed by atoms with E-state index in [4.69, 9.17) is 4.74 Å². The molecule has 1 aromatic heterocycles. The molecule has 2 heterocycles. The van der Waals surface area contributed by atoms with Gasteiger partial charge in [-0.25, -0.2) is 4.98 Å². The molecule has 2 aromatic rings. The highest BCUT2D eigenvalue weighted by molar-refractivity contribution is 5.92. The van der Waals surface area contributed by atoms with Crippen LogP contribution in [-0.4, -0.2) is 48.6 Å². The van der Waals surface area contributed by atoms with Crippen LogP contribution in [0.2, 0.25) is 0 Å². The Morgan fingerprint density at radius 3 is 2.52 bits per heavy atom. The zero-order chi connectivity index (χ0) is 17.5. The number of ether oxygens (including phenoxy) is 1. The van der Waals surface area contributed by atoms with Crippen molar-refractivity contribution >= 4 is 17.8 Å². The maximum Gasteiger partial charge on any atom is 0.246 e. The Hall–Kier alpha value is -2.82. The molecule has 0 bridgehead atoms. The van der Waals surface area contributed by atoms with Gasteiger partial charge in [-0.3, -0.25) is 4.79 Å². The van der Waals surface area contributed by atoms with Crippen LogP contribution in [0.5, 0.6) is 5.75 Å². The molecule has 5 nitrogen and oxygen atoms in total. The number of rotatable bonds is 5. The lowest BCUT2D eigenvalue weighted by atomic mass is 10.2. The molecule has 3 rings (SSSR count). The van der Waals surface area contributed by atoms with Gasteiger partial charge in [0.2, 0.25) is 5.91 Å². The van der Waals surface area contributed by atoms with Gasteiger partial charge in [0.1, 0.15) is 11.6 Å². The lowest BCUT2D eigenvalue weighted by molar-refractivity contribution is -0.126. The van der Waals surface area contributed by atoms with Crippen molar-refractivity contribution in [2.24, 2.45) is 0 Å². The quantitative estimate of drug-likeness (QED) is 0.787. The maximum atomic E-state index is 12.4. The third-order valence-electron chi connectivity index (χ3n) is 4.17. The van der Waals surface area contributed by atoms with Crippen molar-refractivity contribution in [1.82, 2.24) is 9.88 Å². The van der Waals surface area contributed by atoms with Crippen LogP contribution in [-0.2, 0) is 4.79 Å². The fourth-order valence-electron chi connectivity index (χ4n) is 2.81. The van der Waals surface area contributed by atoms with E-state index >= 15 is 0 Å². The summed E-state index contributed by atoms with van der Waals surface area (Å²) in [6, 6.07) is 13.6. The summed E-state index contributed by atoms with van der Waals surface area (Å²) >= 11 is 0. The first-order chi connectivity index (χ1) is 12.3. The zero-order valence-corrected chi connectivity index (χ0v) is 14.5. The molecule has 0 saturated carbocycles. The molecule has 130 valence electrons. The van der Waals surface area contributed by atoms with Crippen molar-refractivity contribution in [3.05, 3.63) is 60.3 Å². The van der Waals surface area contributed by atoms with Crippen molar-refractivity contribution < 1.29 is 9.53 Å². The minimum Gasteiger partial charge on any atom is -0.494 e. The third-order valence-corrected chi connectivity index (χ3v) is 4.17. The minimum atomic E-state index is 0.0505. The van der Waals surface area contributed by atoms with E-state index in [1.54, 1.807) is 12.3 Å². The van der Waals surface area contributed by atoms with E-state index in [1.807, 2.05) is 60.4 Å². The van der Waals surface area contributed by atoms with Crippen molar-refractivity contribution in [1.29, 1.82) is 0 Å². The predicted molar refractivity (Wildman–Crippen MR) is 99.7 cm³/mol. The fraction of sp³-hybridized carbons (Fsp3) is 0.300. The van der Waals surface area contributed by atoms with E-state index < -0.39 is 0 Å². The summed E-state index contributed by atoms with van der Waals surface area (Å²) in [4.78, 5) is 20.8. The number of amides is 1. The summed E-state index contributed by atoms with van der Waals surface area (Å²) in [7, 11) is 0. The van der Waals surface area contributed by atoms with Gasteiger partial charge < -0.3 is 14.5 Å². The first-order valence-corrected chi connectivity index (χ1v) is 8.62. The molecule has 0 unspecified atom stereocenters. The largest absolute Gasteiger partial charge is 0.494 e. The predicted octanol–water partition coefficient (Wildman–Crippen LogP) is 2.84. The molecule has 0 spiro atoms. The van der Waals surface area contributed by atoms with Crippen molar-refractivity contribution in [3.8, 4) is 5.75 Å². The molecule has 1 aromatic carbocycles. The number of pyridine rings is 1. The number of anilines is 1. The minimum absolute atomic E-state index is 0.0505. The van der Waals surface area contributed by atoms with Crippen molar-refractivity contribution in [2.45, 2.75) is 6.92 Å². The first kappa shape index (κ1) is 17.0. The van der Waals surface area contributed by atoms with Gasteiger partial charge >= 0.3 is 0 Å². The van der Waals surface area contributed by atoms with E-state index in [1.165, 1.54) is 0 Å². The van der Waals surface area contributed by atoms with Crippen LogP contribution in [0.1, 0.15) is 12.5 Å². The summed E-state index contributed by atoms with van der Waals surface area (Å²) in [5, 5.41) is 0. The second-order valence-electron chi connectivity index (χ2n) is 5.84. The Kier molecular flexibility index (Phi) is 5.67. The molecule has 1 aliphatic rings. The van der Waals surface area contributed by atoms with Crippen LogP contribution in [0.15, 0.2) is 54.7 Å². The highest BCUT2D eigenvalue weighted by atomic mass is 16.5. The van der Waals surface area contributed by atoms with Gasteiger partial charge in [-0.15, -0.1) is 0 Å². The second-order valence-corrected chi connectivity index (χ2v) is 5.84. The Morgan fingerprint density at radius 1 is 1.12 bits per heavy atom. The summed E-state index contributed by atoms with van der Waals surface area (Å²) in [6.07, 6.45) is 5.29. The van der Waals surface area contributed by atoms with Gasteiger partial charge in [-0.2, -0.15) is 0 Å². The number of hydrogen-bond donors (Lipinski definition) is 0. The Balaban J connectivity index is 1.52. The molecule has 0 atom stereocenters.